The highest BCUT2D eigenvalue weighted by Crippen LogP contribution is 2.33. The maximum absolute atomic E-state index is 13.0. The van der Waals surface area contributed by atoms with Crippen molar-refractivity contribution >= 4 is 30.1 Å². The van der Waals surface area contributed by atoms with E-state index in [-0.39, 0.29) is 14.7 Å². The van der Waals surface area contributed by atoms with E-state index in [1.165, 1.54) is 0 Å². The molecule has 0 saturated carbocycles. The number of nitrogens with two attached hydrogens (primary N) is 3. The molecule has 0 saturated heterocycles. The van der Waals surface area contributed by atoms with Crippen LogP contribution in [0.15, 0.2) is 245 Å². The van der Waals surface area contributed by atoms with Crippen LogP contribution in [0.2, 0.25) is 0 Å². The summed E-state index contributed by atoms with van der Waals surface area (Å²) in [4.78, 5) is 0.682. The Morgan fingerprint density at radius 1 is 0.244 bits per heavy atom. The molecule has 9 aromatic carbocycles. The number of hydrogen-bond donors (Lipinski definition) is 6. The molecule has 0 aliphatic rings. The summed E-state index contributed by atoms with van der Waals surface area (Å²) in [5.41, 5.74) is 32.1. The molecular formula is C67H74N6O6S3. The first-order valence-corrected chi connectivity index (χ1v) is 31.3. The molecule has 0 radical (unpaired) electrons. The van der Waals surface area contributed by atoms with Crippen molar-refractivity contribution in [3.05, 3.63) is 303 Å². The van der Waals surface area contributed by atoms with Crippen LogP contribution in [0, 0.1) is 48.5 Å². The van der Waals surface area contributed by atoms with Gasteiger partial charge in [0.15, 0.2) is 0 Å². The zero-order valence-electron chi connectivity index (χ0n) is 47.3. The lowest BCUT2D eigenvalue weighted by Gasteiger charge is -2.26. The molecule has 0 unspecified atom stereocenters. The van der Waals surface area contributed by atoms with Crippen molar-refractivity contribution in [2.75, 3.05) is 0 Å². The monoisotopic (exact) mass is 1150 g/mol. The molecule has 0 spiro atoms. The SMILES string of the molecule is Cc1ccc(S(=O)(=O)N[C@@H](c2ccccc2)[C@@H](N)c2ccccc2)cc1.Cc1ccc([C@@H](N)[C@H](NS(=O)(=O)c2ccc(C)cc2)c2ccc(C)cc2)cc1.Cc1ccc([C@H](N)[C@@H](NS(=O)(=O)c2ccc(C)cc2)c2ccc(C)cc2)cc1. The van der Waals surface area contributed by atoms with Crippen molar-refractivity contribution in [1.29, 1.82) is 0 Å². The van der Waals surface area contributed by atoms with Crippen molar-refractivity contribution in [2.24, 2.45) is 17.2 Å². The lowest BCUT2D eigenvalue weighted by molar-refractivity contribution is 0.503. The normalized spacial score (nSPS) is 13.9. The Kier molecular flexibility index (Phi) is 21.3. The standard InChI is InChI=1S/2C23H26N2O2S.C21H22N2O2S/c2*1-16-4-10-19(11-5-16)22(24)23(20-12-6-17(2)7-13-20)25-28(26,27)21-14-8-18(3)9-15-21;1-16-12-14-19(15-13-16)26(24,25)23-21(18-10-6-3-7-11-18)20(22)17-8-4-2-5-9-17/h2*4-15,22-23,25H,24H2,1-3H3;2-15,20-21,23H,22H2,1H3/t2*22-,23-;20-,21-/m100/s1. The molecular weight excluding hydrogens is 1080 g/mol. The quantitative estimate of drug-likeness (QED) is 0.0481. The van der Waals surface area contributed by atoms with Crippen LogP contribution >= 0.6 is 0 Å². The van der Waals surface area contributed by atoms with Gasteiger partial charge in [-0.3, -0.25) is 0 Å². The Bertz CT molecular complexity index is 3630. The van der Waals surface area contributed by atoms with E-state index in [9.17, 15) is 25.3 Å². The van der Waals surface area contributed by atoms with Gasteiger partial charge in [0.05, 0.1) is 50.9 Å². The average Bonchev–Trinajstić information content (AvgIpc) is 3.67. The van der Waals surface area contributed by atoms with Crippen LogP contribution in [0.25, 0.3) is 0 Å². The molecule has 0 aliphatic carbocycles. The van der Waals surface area contributed by atoms with Crippen molar-refractivity contribution < 1.29 is 25.3 Å². The van der Waals surface area contributed by atoms with Gasteiger partial charge in [-0.05, 0) is 118 Å². The van der Waals surface area contributed by atoms with Crippen LogP contribution in [0.1, 0.15) is 109 Å². The molecule has 0 aliphatic heterocycles. The summed E-state index contributed by atoms with van der Waals surface area (Å²) in [5.74, 6) is 0. The molecule has 0 fully saturated rings. The van der Waals surface area contributed by atoms with Crippen molar-refractivity contribution in [1.82, 2.24) is 14.2 Å². The molecule has 9 N–H and O–H groups in total. The van der Waals surface area contributed by atoms with Crippen molar-refractivity contribution in [2.45, 2.75) is 99.4 Å². The summed E-state index contributed by atoms with van der Waals surface area (Å²) in [6.45, 7) is 13.8. The number of sulfonamides is 3. The van der Waals surface area contributed by atoms with Gasteiger partial charge in [0.1, 0.15) is 0 Å². The van der Waals surface area contributed by atoms with Gasteiger partial charge < -0.3 is 17.2 Å². The van der Waals surface area contributed by atoms with Crippen molar-refractivity contribution in [3.8, 4) is 0 Å². The predicted molar refractivity (Wildman–Crippen MR) is 331 cm³/mol. The van der Waals surface area contributed by atoms with Crippen molar-refractivity contribution in [3.63, 3.8) is 0 Å². The van der Waals surface area contributed by atoms with Gasteiger partial charge in [0.2, 0.25) is 30.1 Å². The molecule has 82 heavy (non-hydrogen) atoms. The Morgan fingerprint density at radius 2 is 0.415 bits per heavy atom. The number of rotatable bonds is 18. The fourth-order valence-corrected chi connectivity index (χ4v) is 12.7. The zero-order valence-corrected chi connectivity index (χ0v) is 49.8. The fourth-order valence-electron chi connectivity index (χ4n) is 8.94. The molecule has 0 heterocycles. The van der Waals surface area contributed by atoms with E-state index in [1.54, 1.807) is 72.8 Å². The maximum Gasteiger partial charge on any atom is 0.241 e. The summed E-state index contributed by atoms with van der Waals surface area (Å²) in [5, 5.41) is 0. The Balaban J connectivity index is 0.000000177. The van der Waals surface area contributed by atoms with E-state index < -0.39 is 66.3 Å². The third-order valence-corrected chi connectivity index (χ3v) is 18.4. The molecule has 0 aromatic heterocycles. The van der Waals surface area contributed by atoms with Crippen LogP contribution in [-0.4, -0.2) is 25.3 Å². The van der Waals surface area contributed by atoms with Gasteiger partial charge in [0, 0.05) is 0 Å². The van der Waals surface area contributed by atoms with E-state index in [1.807, 2.05) is 206 Å². The maximum atomic E-state index is 13.0. The van der Waals surface area contributed by atoms with Gasteiger partial charge in [-0.25, -0.2) is 39.4 Å². The lowest BCUT2D eigenvalue weighted by Crippen LogP contribution is -2.36. The van der Waals surface area contributed by atoms with Crippen LogP contribution < -0.4 is 31.4 Å². The van der Waals surface area contributed by atoms with Crippen LogP contribution in [0.3, 0.4) is 0 Å². The third-order valence-electron chi connectivity index (χ3n) is 14.1. The largest absolute Gasteiger partial charge is 0.322 e. The van der Waals surface area contributed by atoms with Gasteiger partial charge in [-0.1, -0.05) is 233 Å². The average molecular weight is 1160 g/mol. The molecule has 12 nitrogen and oxygen atoms in total. The predicted octanol–water partition coefficient (Wildman–Crippen LogP) is 12.4. The Labute approximate surface area is 486 Å². The van der Waals surface area contributed by atoms with E-state index in [2.05, 4.69) is 14.2 Å². The summed E-state index contributed by atoms with van der Waals surface area (Å²) < 4.78 is 86.3. The van der Waals surface area contributed by atoms with E-state index in [0.717, 1.165) is 72.3 Å². The molecule has 0 bridgehead atoms. The second-order valence-electron chi connectivity index (χ2n) is 20.8. The molecule has 0 amide bonds. The van der Waals surface area contributed by atoms with E-state index in [0.29, 0.717) is 0 Å². The first-order valence-electron chi connectivity index (χ1n) is 26.9. The van der Waals surface area contributed by atoms with Gasteiger partial charge in [0.25, 0.3) is 0 Å². The summed E-state index contributed by atoms with van der Waals surface area (Å²) >= 11 is 0. The summed E-state index contributed by atoms with van der Waals surface area (Å²) in [6, 6.07) is 67.2. The number of nitrogens with one attached hydrogen (secondary N) is 3. The molecule has 426 valence electrons. The summed E-state index contributed by atoms with van der Waals surface area (Å²) in [7, 11) is -11.2. The van der Waals surface area contributed by atoms with E-state index in [4.69, 9.17) is 17.2 Å². The molecule has 9 aromatic rings. The highest BCUT2D eigenvalue weighted by Gasteiger charge is 2.30. The number of hydrogen-bond acceptors (Lipinski definition) is 9. The summed E-state index contributed by atoms with van der Waals surface area (Å²) in [6.07, 6.45) is 0. The third kappa shape index (κ3) is 17.1. The fraction of sp³-hybridized carbons (Fsp3) is 0.194. The van der Waals surface area contributed by atoms with Crippen LogP contribution in [0.4, 0.5) is 0 Å². The minimum absolute atomic E-state index is 0.226. The first kappa shape index (κ1) is 62.2. The zero-order chi connectivity index (χ0) is 59.2. The highest BCUT2D eigenvalue weighted by atomic mass is 32.2. The Morgan fingerprint density at radius 3 is 0.646 bits per heavy atom. The topological polar surface area (TPSA) is 217 Å². The highest BCUT2D eigenvalue weighted by molar-refractivity contribution is 7.90. The smallest absolute Gasteiger partial charge is 0.241 e. The van der Waals surface area contributed by atoms with Gasteiger partial charge in [-0.15, -0.1) is 0 Å². The number of benzene rings is 9. The first-order chi connectivity index (χ1) is 39.0. The molecule has 9 rings (SSSR count). The molecule has 15 heteroatoms. The minimum atomic E-state index is -3.73. The Hall–Kier alpha value is -7.41. The second-order valence-corrected chi connectivity index (χ2v) is 25.9. The van der Waals surface area contributed by atoms with Gasteiger partial charge in [-0.2, -0.15) is 0 Å². The second kappa shape index (κ2) is 28.0. The van der Waals surface area contributed by atoms with E-state index >= 15 is 0 Å². The molecule has 6 atom stereocenters. The van der Waals surface area contributed by atoms with Gasteiger partial charge >= 0.3 is 0 Å². The lowest BCUT2D eigenvalue weighted by atomic mass is 9.94. The minimum Gasteiger partial charge on any atom is -0.322 e. The number of aryl methyl sites for hydroxylation is 7. The van der Waals surface area contributed by atoms with Crippen LogP contribution in [0.5, 0.6) is 0 Å². The van der Waals surface area contributed by atoms with Crippen LogP contribution in [-0.2, 0) is 30.1 Å².